The molecule has 0 aliphatic heterocycles. The van der Waals surface area contributed by atoms with Crippen molar-refractivity contribution in [1.82, 2.24) is 0 Å². The molecule has 0 aliphatic carbocycles. The fourth-order valence-electron chi connectivity index (χ4n) is 1.41. The van der Waals surface area contributed by atoms with Gasteiger partial charge < -0.3 is 4.74 Å². The number of rotatable bonds is 5. The van der Waals surface area contributed by atoms with Crippen LogP contribution in [0.3, 0.4) is 0 Å². The van der Waals surface area contributed by atoms with Gasteiger partial charge in [-0.2, -0.15) is 0 Å². The van der Waals surface area contributed by atoms with Crippen molar-refractivity contribution < 1.29 is 9.53 Å². The normalized spacial score (nSPS) is 10.1. The summed E-state index contributed by atoms with van der Waals surface area (Å²) in [6, 6.07) is 5.74. The Morgan fingerprint density at radius 1 is 1.47 bits per heavy atom. The quantitative estimate of drug-likeness (QED) is 0.820. The van der Waals surface area contributed by atoms with E-state index in [2.05, 4.69) is 15.9 Å². The van der Waals surface area contributed by atoms with Gasteiger partial charge in [0.15, 0.2) is 0 Å². The van der Waals surface area contributed by atoms with Crippen LogP contribution >= 0.6 is 15.9 Å². The van der Waals surface area contributed by atoms with Crippen LogP contribution in [0.2, 0.25) is 0 Å². The maximum absolute atomic E-state index is 11.4. The average molecular weight is 271 g/mol. The Labute approximate surface area is 98.8 Å². The highest BCUT2D eigenvalue weighted by Gasteiger charge is 2.05. The SMILES string of the molecule is CCCC(=O)Cc1ccc(OC)c(Br)c1. The predicted octanol–water partition coefficient (Wildman–Crippen LogP) is 3.37. The number of hydrogen-bond donors (Lipinski definition) is 0. The van der Waals surface area contributed by atoms with Crippen LogP contribution in [0.15, 0.2) is 22.7 Å². The van der Waals surface area contributed by atoms with E-state index in [1.54, 1.807) is 7.11 Å². The van der Waals surface area contributed by atoms with Crippen molar-refractivity contribution in [1.29, 1.82) is 0 Å². The lowest BCUT2D eigenvalue weighted by molar-refractivity contribution is -0.118. The number of carbonyl (C=O) groups is 1. The minimum atomic E-state index is 0.287. The van der Waals surface area contributed by atoms with Gasteiger partial charge in [0.25, 0.3) is 0 Å². The fourth-order valence-corrected chi connectivity index (χ4v) is 2.00. The number of halogens is 1. The molecular formula is C12H15BrO2. The van der Waals surface area contributed by atoms with Gasteiger partial charge in [0.05, 0.1) is 11.6 Å². The lowest BCUT2D eigenvalue weighted by Crippen LogP contribution is -2.01. The summed E-state index contributed by atoms with van der Waals surface area (Å²) in [5.74, 6) is 1.08. The molecule has 0 aromatic heterocycles. The van der Waals surface area contributed by atoms with Crippen molar-refractivity contribution >= 4 is 21.7 Å². The third-order valence-corrected chi connectivity index (χ3v) is 2.77. The second kappa shape index (κ2) is 5.91. The lowest BCUT2D eigenvalue weighted by Gasteiger charge is -2.05. The summed E-state index contributed by atoms with van der Waals surface area (Å²) in [4.78, 5) is 11.4. The van der Waals surface area contributed by atoms with Crippen molar-refractivity contribution in [2.75, 3.05) is 7.11 Å². The zero-order chi connectivity index (χ0) is 11.3. The van der Waals surface area contributed by atoms with E-state index in [-0.39, 0.29) is 5.78 Å². The Kier molecular flexibility index (Phi) is 4.82. The van der Waals surface area contributed by atoms with Crippen LogP contribution in [0, 0.1) is 0 Å². The summed E-state index contributed by atoms with van der Waals surface area (Å²) in [7, 11) is 1.63. The first-order chi connectivity index (χ1) is 7.17. The molecule has 0 unspecified atom stereocenters. The van der Waals surface area contributed by atoms with Gasteiger partial charge in [-0.1, -0.05) is 13.0 Å². The molecule has 0 saturated carbocycles. The molecular weight excluding hydrogens is 256 g/mol. The van der Waals surface area contributed by atoms with Crippen LogP contribution in [-0.4, -0.2) is 12.9 Å². The van der Waals surface area contributed by atoms with Crippen LogP contribution in [-0.2, 0) is 11.2 Å². The first kappa shape index (κ1) is 12.2. The smallest absolute Gasteiger partial charge is 0.137 e. The van der Waals surface area contributed by atoms with Gasteiger partial charge in [-0.25, -0.2) is 0 Å². The standard InChI is InChI=1S/C12H15BrO2/c1-3-4-10(14)7-9-5-6-12(15-2)11(13)8-9/h5-6,8H,3-4,7H2,1-2H3. The zero-order valence-electron chi connectivity index (χ0n) is 9.05. The highest BCUT2D eigenvalue weighted by Crippen LogP contribution is 2.25. The summed E-state index contributed by atoms with van der Waals surface area (Å²) >= 11 is 3.40. The summed E-state index contributed by atoms with van der Waals surface area (Å²) in [5, 5.41) is 0. The van der Waals surface area contributed by atoms with Crippen molar-refractivity contribution in [2.24, 2.45) is 0 Å². The maximum Gasteiger partial charge on any atom is 0.137 e. The van der Waals surface area contributed by atoms with Crippen molar-refractivity contribution in [3.05, 3.63) is 28.2 Å². The maximum atomic E-state index is 11.4. The molecule has 0 heterocycles. The van der Waals surface area contributed by atoms with Gasteiger partial charge in [-0.05, 0) is 40.0 Å². The minimum Gasteiger partial charge on any atom is -0.496 e. The summed E-state index contributed by atoms with van der Waals surface area (Å²) in [5.41, 5.74) is 1.03. The van der Waals surface area contributed by atoms with E-state index in [1.165, 1.54) is 0 Å². The Balaban J connectivity index is 2.71. The molecule has 1 aromatic carbocycles. The number of carbonyl (C=O) groups excluding carboxylic acids is 1. The van der Waals surface area contributed by atoms with E-state index < -0.39 is 0 Å². The van der Waals surface area contributed by atoms with E-state index in [9.17, 15) is 4.79 Å². The highest BCUT2D eigenvalue weighted by molar-refractivity contribution is 9.10. The third-order valence-electron chi connectivity index (χ3n) is 2.15. The molecule has 2 nitrogen and oxygen atoms in total. The third kappa shape index (κ3) is 3.67. The number of ketones is 1. The van der Waals surface area contributed by atoms with E-state index in [0.717, 1.165) is 22.2 Å². The zero-order valence-corrected chi connectivity index (χ0v) is 10.6. The minimum absolute atomic E-state index is 0.287. The Morgan fingerprint density at radius 3 is 2.73 bits per heavy atom. The van der Waals surface area contributed by atoms with Gasteiger partial charge in [0, 0.05) is 12.8 Å². The molecule has 0 bridgehead atoms. The molecule has 0 spiro atoms. The Hall–Kier alpha value is -0.830. The van der Waals surface area contributed by atoms with Gasteiger partial charge in [0.2, 0.25) is 0 Å². The molecule has 1 aromatic rings. The van der Waals surface area contributed by atoms with Crippen LogP contribution < -0.4 is 4.74 Å². The van der Waals surface area contributed by atoms with Gasteiger partial charge >= 0.3 is 0 Å². The molecule has 15 heavy (non-hydrogen) atoms. The van der Waals surface area contributed by atoms with Crippen LogP contribution in [0.4, 0.5) is 0 Å². The van der Waals surface area contributed by atoms with Crippen LogP contribution in [0.1, 0.15) is 25.3 Å². The van der Waals surface area contributed by atoms with E-state index in [4.69, 9.17) is 4.74 Å². The molecule has 0 saturated heterocycles. The monoisotopic (exact) mass is 270 g/mol. The Bertz CT molecular complexity index is 347. The van der Waals surface area contributed by atoms with Crippen molar-refractivity contribution in [3.63, 3.8) is 0 Å². The first-order valence-corrected chi connectivity index (χ1v) is 5.80. The average Bonchev–Trinajstić information content (AvgIpc) is 2.18. The van der Waals surface area contributed by atoms with Crippen LogP contribution in [0.25, 0.3) is 0 Å². The van der Waals surface area contributed by atoms with Crippen molar-refractivity contribution in [3.8, 4) is 5.75 Å². The molecule has 0 aliphatic rings. The molecule has 0 N–H and O–H groups in total. The Morgan fingerprint density at radius 2 is 2.20 bits per heavy atom. The van der Waals surface area contributed by atoms with Gasteiger partial charge in [0.1, 0.15) is 11.5 Å². The van der Waals surface area contributed by atoms with Gasteiger partial charge in [-0.3, -0.25) is 4.79 Å². The second-order valence-corrected chi connectivity index (χ2v) is 4.29. The van der Waals surface area contributed by atoms with Gasteiger partial charge in [-0.15, -0.1) is 0 Å². The number of ether oxygens (including phenoxy) is 1. The summed E-state index contributed by atoms with van der Waals surface area (Å²) in [6.45, 7) is 2.02. The topological polar surface area (TPSA) is 26.3 Å². The number of hydrogen-bond acceptors (Lipinski definition) is 2. The number of Topliss-reactive ketones (excluding diaryl/α,β-unsaturated/α-hetero) is 1. The van der Waals surface area contributed by atoms with Crippen molar-refractivity contribution in [2.45, 2.75) is 26.2 Å². The summed E-state index contributed by atoms with van der Waals surface area (Å²) in [6.07, 6.45) is 2.08. The molecule has 0 amide bonds. The molecule has 3 heteroatoms. The van der Waals surface area contributed by atoms with E-state index in [1.807, 2.05) is 25.1 Å². The lowest BCUT2D eigenvalue weighted by atomic mass is 10.1. The molecule has 0 atom stereocenters. The molecule has 82 valence electrons. The largest absolute Gasteiger partial charge is 0.496 e. The second-order valence-electron chi connectivity index (χ2n) is 3.43. The predicted molar refractivity (Wildman–Crippen MR) is 64.3 cm³/mol. The fraction of sp³-hybridized carbons (Fsp3) is 0.417. The number of benzene rings is 1. The van der Waals surface area contributed by atoms with E-state index >= 15 is 0 Å². The first-order valence-electron chi connectivity index (χ1n) is 5.01. The van der Waals surface area contributed by atoms with E-state index in [0.29, 0.717) is 12.8 Å². The summed E-state index contributed by atoms with van der Waals surface area (Å²) < 4.78 is 6.02. The molecule has 0 radical (unpaired) electrons. The molecule has 0 fully saturated rings. The molecule has 1 rings (SSSR count). The number of methoxy groups -OCH3 is 1. The van der Waals surface area contributed by atoms with Crippen LogP contribution in [0.5, 0.6) is 5.75 Å². The highest BCUT2D eigenvalue weighted by atomic mass is 79.9.